The molecule has 110 valence electrons. The van der Waals surface area contributed by atoms with E-state index in [4.69, 9.17) is 4.74 Å². The van der Waals surface area contributed by atoms with Crippen molar-refractivity contribution in [3.05, 3.63) is 29.6 Å². The summed E-state index contributed by atoms with van der Waals surface area (Å²) in [5.41, 5.74) is 0.270. The van der Waals surface area contributed by atoms with Crippen LogP contribution in [0.1, 0.15) is 38.1 Å². The van der Waals surface area contributed by atoms with Crippen molar-refractivity contribution in [2.24, 2.45) is 5.92 Å². The molecule has 1 N–H and O–H groups in total. The highest BCUT2D eigenvalue weighted by molar-refractivity contribution is 5.94. The molecule has 1 unspecified atom stereocenters. The average Bonchev–Trinajstić information content (AvgIpc) is 2.37. The molecule has 0 spiro atoms. The summed E-state index contributed by atoms with van der Waals surface area (Å²) < 4.78 is 19.0. The first kappa shape index (κ1) is 16.1. The maximum atomic E-state index is 13.7. The monoisotopic (exact) mass is 281 g/mol. The lowest BCUT2D eigenvalue weighted by molar-refractivity contribution is -0.127. The topological polar surface area (TPSA) is 55.4 Å². The first-order valence-corrected chi connectivity index (χ1v) is 6.56. The van der Waals surface area contributed by atoms with Gasteiger partial charge in [0.05, 0.1) is 0 Å². The van der Waals surface area contributed by atoms with Crippen molar-refractivity contribution in [3.8, 4) is 5.75 Å². The lowest BCUT2D eigenvalue weighted by Crippen LogP contribution is -2.38. The number of halogens is 1. The molecule has 1 amide bonds. The minimum atomic E-state index is -0.800. The van der Waals surface area contributed by atoms with Crippen molar-refractivity contribution in [1.82, 2.24) is 5.32 Å². The van der Waals surface area contributed by atoms with Gasteiger partial charge in [-0.25, -0.2) is 4.39 Å². The first-order valence-electron chi connectivity index (χ1n) is 6.56. The minimum Gasteiger partial charge on any atom is -0.478 e. The molecule has 1 rings (SSSR count). The van der Waals surface area contributed by atoms with Crippen LogP contribution >= 0.6 is 0 Å². The highest BCUT2D eigenvalue weighted by atomic mass is 19.1. The van der Waals surface area contributed by atoms with Crippen molar-refractivity contribution >= 4 is 11.7 Å². The summed E-state index contributed by atoms with van der Waals surface area (Å²) in [6.45, 7) is 7.40. The molecule has 5 heteroatoms. The molecule has 0 aliphatic heterocycles. The Morgan fingerprint density at radius 1 is 1.30 bits per heavy atom. The molecule has 4 nitrogen and oxygen atoms in total. The molecule has 1 atom stereocenters. The number of rotatable bonds is 6. The Kier molecular flexibility index (Phi) is 5.67. The van der Waals surface area contributed by atoms with Crippen LogP contribution in [-0.2, 0) is 4.79 Å². The zero-order chi connectivity index (χ0) is 15.3. The van der Waals surface area contributed by atoms with Gasteiger partial charge in [0, 0.05) is 12.1 Å². The van der Waals surface area contributed by atoms with Crippen molar-refractivity contribution in [2.45, 2.75) is 33.8 Å². The predicted molar refractivity (Wildman–Crippen MR) is 74.3 cm³/mol. The molecule has 1 aromatic rings. The van der Waals surface area contributed by atoms with E-state index >= 15 is 0 Å². The second kappa shape index (κ2) is 7.03. The Morgan fingerprint density at radius 2 is 1.95 bits per heavy atom. The van der Waals surface area contributed by atoms with Gasteiger partial charge in [-0.05, 0) is 38.0 Å². The predicted octanol–water partition coefficient (Wildman–Crippen LogP) is 2.57. The van der Waals surface area contributed by atoms with Crippen LogP contribution < -0.4 is 10.1 Å². The molecule has 0 aliphatic carbocycles. The van der Waals surface area contributed by atoms with Crippen molar-refractivity contribution < 1.29 is 18.7 Å². The van der Waals surface area contributed by atoms with E-state index in [9.17, 15) is 14.0 Å². The van der Waals surface area contributed by atoms with E-state index in [0.717, 1.165) is 6.07 Å². The highest BCUT2D eigenvalue weighted by Crippen LogP contribution is 2.20. The van der Waals surface area contributed by atoms with Gasteiger partial charge in [0.15, 0.2) is 23.5 Å². The SMILES string of the molecule is CC(=O)c1ccc(OC(C)C(=O)NCC(C)C)c(F)c1. The molecule has 20 heavy (non-hydrogen) atoms. The third-order valence-corrected chi connectivity index (χ3v) is 2.70. The summed E-state index contributed by atoms with van der Waals surface area (Å²) in [7, 11) is 0. The second-order valence-electron chi connectivity index (χ2n) is 5.10. The third kappa shape index (κ3) is 4.64. The molecule has 0 saturated heterocycles. The van der Waals surface area contributed by atoms with Crippen molar-refractivity contribution in [2.75, 3.05) is 6.54 Å². The maximum absolute atomic E-state index is 13.7. The van der Waals surface area contributed by atoms with Gasteiger partial charge < -0.3 is 10.1 Å². The number of hydrogen-bond acceptors (Lipinski definition) is 3. The van der Waals surface area contributed by atoms with Gasteiger partial charge in [0.2, 0.25) is 0 Å². The normalized spacial score (nSPS) is 12.1. The Hall–Kier alpha value is -1.91. The largest absolute Gasteiger partial charge is 0.478 e. The molecule has 0 saturated carbocycles. The van der Waals surface area contributed by atoms with E-state index < -0.39 is 11.9 Å². The summed E-state index contributed by atoms with van der Waals surface area (Å²) >= 11 is 0. The van der Waals surface area contributed by atoms with E-state index in [1.165, 1.54) is 19.1 Å². The van der Waals surface area contributed by atoms with Gasteiger partial charge >= 0.3 is 0 Å². The average molecular weight is 281 g/mol. The molecular weight excluding hydrogens is 261 g/mol. The van der Waals surface area contributed by atoms with E-state index in [-0.39, 0.29) is 23.0 Å². The molecule has 1 aromatic carbocycles. The number of nitrogens with one attached hydrogen (secondary N) is 1. The van der Waals surface area contributed by atoms with Gasteiger partial charge in [-0.1, -0.05) is 13.8 Å². The molecule has 0 bridgehead atoms. The van der Waals surface area contributed by atoms with Crippen LogP contribution in [0.5, 0.6) is 5.75 Å². The number of ether oxygens (including phenoxy) is 1. The fourth-order valence-corrected chi connectivity index (χ4v) is 1.51. The lowest BCUT2D eigenvalue weighted by atomic mass is 10.1. The molecule has 0 aromatic heterocycles. The summed E-state index contributed by atoms with van der Waals surface area (Å²) in [5, 5.41) is 2.71. The lowest BCUT2D eigenvalue weighted by Gasteiger charge is -2.16. The smallest absolute Gasteiger partial charge is 0.260 e. The summed E-state index contributed by atoms with van der Waals surface area (Å²) in [4.78, 5) is 22.8. The van der Waals surface area contributed by atoms with Crippen LogP contribution in [0.4, 0.5) is 4.39 Å². The van der Waals surface area contributed by atoms with Gasteiger partial charge in [-0.3, -0.25) is 9.59 Å². The summed E-state index contributed by atoms with van der Waals surface area (Å²) in [6, 6.07) is 3.94. The van der Waals surface area contributed by atoms with Crippen LogP contribution in [-0.4, -0.2) is 24.3 Å². The van der Waals surface area contributed by atoms with Gasteiger partial charge in [0.25, 0.3) is 5.91 Å². The van der Waals surface area contributed by atoms with Crippen LogP contribution in [0, 0.1) is 11.7 Å². The van der Waals surface area contributed by atoms with Crippen LogP contribution in [0.15, 0.2) is 18.2 Å². The number of carbonyl (C=O) groups excluding carboxylic acids is 2. The fourth-order valence-electron chi connectivity index (χ4n) is 1.51. The quantitative estimate of drug-likeness (QED) is 0.815. The number of benzene rings is 1. The van der Waals surface area contributed by atoms with Crippen LogP contribution in [0.3, 0.4) is 0 Å². The van der Waals surface area contributed by atoms with E-state index in [0.29, 0.717) is 12.5 Å². The van der Waals surface area contributed by atoms with Crippen LogP contribution in [0.25, 0.3) is 0 Å². The summed E-state index contributed by atoms with van der Waals surface area (Å²) in [6.07, 6.45) is -0.800. The standard InChI is InChI=1S/C15H20FNO3/c1-9(2)8-17-15(19)11(4)20-14-6-5-12(10(3)18)7-13(14)16/h5-7,9,11H,8H2,1-4H3,(H,17,19). The van der Waals surface area contributed by atoms with Crippen LogP contribution in [0.2, 0.25) is 0 Å². The zero-order valence-corrected chi connectivity index (χ0v) is 12.2. The minimum absolute atomic E-state index is 0.0396. The molecular formula is C15H20FNO3. The number of Topliss-reactive ketones (excluding diaryl/α,β-unsaturated/α-hetero) is 1. The zero-order valence-electron chi connectivity index (χ0n) is 12.2. The van der Waals surface area contributed by atoms with E-state index in [2.05, 4.69) is 5.32 Å². The number of amides is 1. The number of ketones is 1. The van der Waals surface area contributed by atoms with E-state index in [1.807, 2.05) is 13.8 Å². The van der Waals surface area contributed by atoms with E-state index in [1.54, 1.807) is 6.92 Å². The van der Waals surface area contributed by atoms with Crippen molar-refractivity contribution in [3.63, 3.8) is 0 Å². The maximum Gasteiger partial charge on any atom is 0.260 e. The molecule has 0 radical (unpaired) electrons. The van der Waals surface area contributed by atoms with Crippen molar-refractivity contribution in [1.29, 1.82) is 0 Å². The second-order valence-corrected chi connectivity index (χ2v) is 5.10. The Labute approximate surface area is 118 Å². The highest BCUT2D eigenvalue weighted by Gasteiger charge is 2.17. The van der Waals surface area contributed by atoms with Gasteiger partial charge in [-0.2, -0.15) is 0 Å². The third-order valence-electron chi connectivity index (χ3n) is 2.70. The first-order chi connectivity index (χ1) is 9.31. The van der Waals surface area contributed by atoms with Gasteiger partial charge in [0.1, 0.15) is 0 Å². The Bertz CT molecular complexity index is 500. The summed E-state index contributed by atoms with van der Waals surface area (Å²) in [5.74, 6) is -0.881. The molecule has 0 aliphatic rings. The number of carbonyl (C=O) groups is 2. The van der Waals surface area contributed by atoms with Gasteiger partial charge in [-0.15, -0.1) is 0 Å². The fraction of sp³-hybridized carbons (Fsp3) is 0.467. The Balaban J connectivity index is 2.68. The molecule has 0 heterocycles. The Morgan fingerprint density at radius 3 is 2.45 bits per heavy atom. The molecule has 0 fully saturated rings. The number of hydrogen-bond donors (Lipinski definition) is 1.